The molecule has 148 valence electrons. The van der Waals surface area contributed by atoms with Gasteiger partial charge in [0.2, 0.25) is 0 Å². The monoisotopic (exact) mass is 384 g/mol. The molecule has 3 N–H and O–H groups in total. The molecular weight excluding hydrogens is 360 g/mol. The Morgan fingerprint density at radius 2 is 2.00 bits per heavy atom. The SMILES string of the molecule is COc1c(C)c(O)c2c(c1CC=C(C)C)OC[C@@H](c1ccc(O)cc1O)C2=O. The van der Waals surface area contributed by atoms with Gasteiger partial charge in [-0.2, -0.15) is 0 Å². The number of hydrogen-bond donors (Lipinski definition) is 3. The molecule has 2 aromatic carbocycles. The minimum atomic E-state index is -0.789. The maximum absolute atomic E-state index is 13.2. The van der Waals surface area contributed by atoms with E-state index >= 15 is 0 Å². The van der Waals surface area contributed by atoms with Crippen LogP contribution in [0.1, 0.15) is 46.8 Å². The number of Topliss-reactive ketones (excluding diaryl/α,β-unsaturated/α-hetero) is 1. The second-order valence-corrected chi connectivity index (χ2v) is 7.15. The molecule has 1 atom stereocenters. The minimum absolute atomic E-state index is 0.0116. The fourth-order valence-corrected chi connectivity index (χ4v) is 3.51. The van der Waals surface area contributed by atoms with Crippen LogP contribution in [-0.2, 0) is 6.42 Å². The maximum Gasteiger partial charge on any atom is 0.181 e. The highest BCUT2D eigenvalue weighted by Crippen LogP contribution is 2.48. The summed E-state index contributed by atoms with van der Waals surface area (Å²) in [4.78, 5) is 13.2. The normalized spacial score (nSPS) is 15.6. The number of allylic oxidation sites excluding steroid dienone is 2. The van der Waals surface area contributed by atoms with E-state index in [4.69, 9.17) is 9.47 Å². The molecule has 6 heteroatoms. The van der Waals surface area contributed by atoms with Gasteiger partial charge in [-0.1, -0.05) is 17.7 Å². The number of phenols is 3. The van der Waals surface area contributed by atoms with Crippen molar-refractivity contribution < 1.29 is 29.6 Å². The Morgan fingerprint density at radius 1 is 1.29 bits per heavy atom. The molecule has 0 aliphatic carbocycles. The third-order valence-electron chi connectivity index (χ3n) is 4.97. The average Bonchev–Trinajstić information content (AvgIpc) is 2.64. The predicted molar refractivity (Wildman–Crippen MR) is 105 cm³/mol. The first-order valence-corrected chi connectivity index (χ1v) is 9.00. The second-order valence-electron chi connectivity index (χ2n) is 7.15. The zero-order chi connectivity index (χ0) is 20.6. The number of rotatable bonds is 4. The predicted octanol–water partition coefficient (Wildman–Crippen LogP) is 3.99. The molecule has 0 radical (unpaired) electrons. The van der Waals surface area contributed by atoms with E-state index in [0.717, 1.165) is 5.57 Å². The first kappa shape index (κ1) is 19.6. The van der Waals surface area contributed by atoms with Crippen molar-refractivity contribution in [2.24, 2.45) is 0 Å². The number of aromatic hydroxyl groups is 3. The van der Waals surface area contributed by atoms with Gasteiger partial charge in [-0.25, -0.2) is 0 Å². The number of carbonyl (C=O) groups is 1. The van der Waals surface area contributed by atoms with Gasteiger partial charge < -0.3 is 24.8 Å². The summed E-state index contributed by atoms with van der Waals surface area (Å²) < 4.78 is 11.4. The third kappa shape index (κ3) is 3.26. The Morgan fingerprint density at radius 3 is 2.61 bits per heavy atom. The van der Waals surface area contributed by atoms with Crippen molar-refractivity contribution in [3.8, 4) is 28.7 Å². The molecule has 0 bridgehead atoms. The van der Waals surface area contributed by atoms with Crippen molar-refractivity contribution in [1.82, 2.24) is 0 Å². The van der Waals surface area contributed by atoms with Gasteiger partial charge in [0.15, 0.2) is 5.78 Å². The highest BCUT2D eigenvalue weighted by atomic mass is 16.5. The van der Waals surface area contributed by atoms with E-state index in [2.05, 4.69) is 0 Å². The van der Waals surface area contributed by atoms with Crippen molar-refractivity contribution in [2.45, 2.75) is 33.1 Å². The van der Waals surface area contributed by atoms with Gasteiger partial charge in [0, 0.05) is 22.8 Å². The molecule has 1 aliphatic heterocycles. The standard InChI is InChI=1S/C22H24O6/c1-11(2)5-7-15-21(27-4)12(3)19(25)18-20(26)16(10-28-22(15)18)14-8-6-13(23)9-17(14)24/h5-6,8-9,16,23-25H,7,10H2,1-4H3/t16-/m0/s1. The Bertz CT molecular complexity index is 970. The molecule has 0 saturated carbocycles. The van der Waals surface area contributed by atoms with Crippen LogP contribution in [0.3, 0.4) is 0 Å². The van der Waals surface area contributed by atoms with E-state index in [1.807, 2.05) is 19.9 Å². The number of hydrogen-bond acceptors (Lipinski definition) is 6. The molecule has 0 saturated heterocycles. The van der Waals surface area contributed by atoms with E-state index in [9.17, 15) is 20.1 Å². The van der Waals surface area contributed by atoms with Crippen molar-refractivity contribution in [1.29, 1.82) is 0 Å². The number of carbonyl (C=O) groups excluding carboxylic acids is 1. The number of benzene rings is 2. The zero-order valence-electron chi connectivity index (χ0n) is 16.4. The summed E-state index contributed by atoms with van der Waals surface area (Å²) >= 11 is 0. The van der Waals surface area contributed by atoms with Gasteiger partial charge in [0.05, 0.1) is 13.0 Å². The summed E-state index contributed by atoms with van der Waals surface area (Å²) in [5.74, 6) is -0.796. The molecule has 6 nitrogen and oxygen atoms in total. The van der Waals surface area contributed by atoms with Gasteiger partial charge in [-0.15, -0.1) is 0 Å². The lowest BCUT2D eigenvalue weighted by Crippen LogP contribution is -2.27. The van der Waals surface area contributed by atoms with Gasteiger partial charge >= 0.3 is 0 Å². The lowest BCUT2D eigenvalue weighted by Gasteiger charge is -2.29. The van der Waals surface area contributed by atoms with Crippen LogP contribution in [0.5, 0.6) is 28.7 Å². The van der Waals surface area contributed by atoms with Crippen LogP contribution in [0.4, 0.5) is 0 Å². The molecule has 2 aromatic rings. The van der Waals surface area contributed by atoms with Crippen LogP contribution in [0.2, 0.25) is 0 Å². The van der Waals surface area contributed by atoms with Crippen LogP contribution >= 0.6 is 0 Å². The molecule has 0 amide bonds. The van der Waals surface area contributed by atoms with E-state index in [0.29, 0.717) is 34.6 Å². The quantitative estimate of drug-likeness (QED) is 0.690. The van der Waals surface area contributed by atoms with E-state index in [1.54, 1.807) is 6.92 Å². The largest absolute Gasteiger partial charge is 0.508 e. The maximum atomic E-state index is 13.2. The second kappa shape index (κ2) is 7.46. The molecule has 1 heterocycles. The van der Waals surface area contributed by atoms with Crippen LogP contribution < -0.4 is 9.47 Å². The average molecular weight is 384 g/mol. The number of methoxy groups -OCH3 is 1. The Hall–Kier alpha value is -3.15. The summed E-state index contributed by atoms with van der Waals surface area (Å²) in [7, 11) is 1.52. The van der Waals surface area contributed by atoms with Gasteiger partial charge in [-0.05, 0) is 33.3 Å². The molecule has 0 spiro atoms. The van der Waals surface area contributed by atoms with Crippen LogP contribution in [0, 0.1) is 6.92 Å². The third-order valence-corrected chi connectivity index (χ3v) is 4.97. The summed E-state index contributed by atoms with van der Waals surface area (Å²) in [5, 5.41) is 30.4. The Kier molecular flexibility index (Phi) is 5.23. The van der Waals surface area contributed by atoms with E-state index in [-0.39, 0.29) is 35.2 Å². The fourth-order valence-electron chi connectivity index (χ4n) is 3.51. The van der Waals surface area contributed by atoms with Crippen molar-refractivity contribution >= 4 is 5.78 Å². The van der Waals surface area contributed by atoms with Gasteiger partial charge in [0.1, 0.15) is 40.9 Å². The Balaban J connectivity index is 2.16. The first-order chi connectivity index (χ1) is 13.3. The number of fused-ring (bicyclic) bond motifs is 1. The van der Waals surface area contributed by atoms with Crippen molar-refractivity contribution in [3.05, 3.63) is 52.1 Å². The van der Waals surface area contributed by atoms with Crippen molar-refractivity contribution in [3.63, 3.8) is 0 Å². The summed E-state index contributed by atoms with van der Waals surface area (Å²) in [5.41, 5.74) is 2.71. The first-order valence-electron chi connectivity index (χ1n) is 9.00. The molecule has 28 heavy (non-hydrogen) atoms. The highest BCUT2D eigenvalue weighted by Gasteiger charge is 2.37. The summed E-state index contributed by atoms with van der Waals surface area (Å²) in [6.45, 7) is 5.65. The summed E-state index contributed by atoms with van der Waals surface area (Å²) in [6.07, 6.45) is 2.50. The minimum Gasteiger partial charge on any atom is -0.508 e. The number of ether oxygens (including phenoxy) is 2. The van der Waals surface area contributed by atoms with Gasteiger partial charge in [-0.3, -0.25) is 4.79 Å². The highest BCUT2D eigenvalue weighted by molar-refractivity contribution is 6.07. The van der Waals surface area contributed by atoms with Crippen LogP contribution in [-0.4, -0.2) is 34.8 Å². The molecule has 1 aliphatic rings. The van der Waals surface area contributed by atoms with E-state index in [1.165, 1.54) is 25.3 Å². The van der Waals surface area contributed by atoms with Gasteiger partial charge in [0.25, 0.3) is 0 Å². The smallest absolute Gasteiger partial charge is 0.181 e. The fraction of sp³-hybridized carbons (Fsp3) is 0.318. The summed E-state index contributed by atoms with van der Waals surface area (Å²) in [6, 6.07) is 4.06. The molecular formula is C22H24O6. The number of ketones is 1. The Labute approximate surface area is 163 Å². The number of phenolic OH excluding ortho intramolecular Hbond substituents is 3. The zero-order valence-corrected chi connectivity index (χ0v) is 16.4. The molecule has 0 unspecified atom stereocenters. The topological polar surface area (TPSA) is 96.2 Å². The van der Waals surface area contributed by atoms with E-state index < -0.39 is 5.92 Å². The molecule has 0 fully saturated rings. The molecule has 0 aromatic heterocycles. The lowest BCUT2D eigenvalue weighted by atomic mass is 9.85. The van der Waals surface area contributed by atoms with Crippen molar-refractivity contribution in [2.75, 3.05) is 13.7 Å². The van der Waals surface area contributed by atoms with Crippen LogP contribution in [0.15, 0.2) is 29.8 Å². The van der Waals surface area contributed by atoms with Crippen LogP contribution in [0.25, 0.3) is 0 Å². The molecule has 3 rings (SSSR count). The lowest BCUT2D eigenvalue weighted by molar-refractivity contribution is 0.0888.